The molecule has 1 N–H and O–H groups in total. The minimum Gasteiger partial charge on any atom is -0.444 e. The van der Waals surface area contributed by atoms with Gasteiger partial charge in [0.1, 0.15) is 12.3 Å². The Bertz CT molecular complexity index is 199. The Morgan fingerprint density at radius 3 is 2.27 bits per heavy atom. The number of nitrogens with one attached hydrogen (secondary N) is 1. The average molecular weight is 219 g/mol. The molecule has 0 aromatic heterocycles. The van der Waals surface area contributed by atoms with Crippen molar-refractivity contribution >= 4 is 6.09 Å². The molecule has 1 unspecified atom stereocenters. The van der Waals surface area contributed by atoms with E-state index in [4.69, 9.17) is 4.74 Å². The van der Waals surface area contributed by atoms with Crippen molar-refractivity contribution in [2.24, 2.45) is 5.92 Å². The van der Waals surface area contributed by atoms with Gasteiger partial charge in [-0.3, -0.25) is 0 Å². The zero-order valence-electron chi connectivity index (χ0n) is 10.3. The van der Waals surface area contributed by atoms with Gasteiger partial charge >= 0.3 is 6.09 Å². The Balaban J connectivity index is 4.02. The summed E-state index contributed by atoms with van der Waals surface area (Å²) in [7, 11) is 0. The SMILES string of the molecule is CC(C)CC(CF)NC(=O)OC(C)(C)C. The van der Waals surface area contributed by atoms with Crippen molar-refractivity contribution in [1.82, 2.24) is 5.32 Å². The lowest BCUT2D eigenvalue weighted by molar-refractivity contribution is 0.0490. The predicted molar refractivity (Wildman–Crippen MR) is 58.6 cm³/mol. The van der Waals surface area contributed by atoms with Gasteiger partial charge in [0.2, 0.25) is 0 Å². The quantitative estimate of drug-likeness (QED) is 0.789. The highest BCUT2D eigenvalue weighted by Gasteiger charge is 2.19. The highest BCUT2D eigenvalue weighted by atomic mass is 19.1. The molecule has 0 aliphatic carbocycles. The molecule has 1 atom stereocenters. The van der Waals surface area contributed by atoms with Crippen LogP contribution in [-0.4, -0.2) is 24.4 Å². The number of hydrogen-bond donors (Lipinski definition) is 1. The summed E-state index contributed by atoms with van der Waals surface area (Å²) in [5, 5.41) is 2.52. The van der Waals surface area contributed by atoms with Crippen LogP contribution in [0.5, 0.6) is 0 Å². The molecule has 0 radical (unpaired) electrons. The number of alkyl halides is 1. The predicted octanol–water partition coefficient (Wildman–Crippen LogP) is 2.90. The van der Waals surface area contributed by atoms with Crippen molar-refractivity contribution in [2.75, 3.05) is 6.67 Å². The maximum absolute atomic E-state index is 12.5. The van der Waals surface area contributed by atoms with Crippen LogP contribution in [0, 0.1) is 5.92 Å². The van der Waals surface area contributed by atoms with Crippen LogP contribution >= 0.6 is 0 Å². The summed E-state index contributed by atoms with van der Waals surface area (Å²) < 4.78 is 17.6. The zero-order chi connectivity index (χ0) is 12.1. The number of hydrogen-bond acceptors (Lipinski definition) is 2. The standard InChI is InChI=1S/C11H22FNO2/c1-8(2)6-9(7-12)13-10(14)15-11(3,4)5/h8-9H,6-7H2,1-5H3,(H,13,14). The molecule has 0 fully saturated rings. The molecule has 0 aliphatic rings. The summed E-state index contributed by atoms with van der Waals surface area (Å²) in [4.78, 5) is 11.3. The number of alkyl carbamates (subject to hydrolysis) is 1. The lowest BCUT2D eigenvalue weighted by Crippen LogP contribution is -2.40. The third kappa shape index (κ3) is 8.21. The Morgan fingerprint density at radius 2 is 1.93 bits per heavy atom. The van der Waals surface area contributed by atoms with E-state index < -0.39 is 24.4 Å². The lowest BCUT2D eigenvalue weighted by Gasteiger charge is -2.23. The van der Waals surface area contributed by atoms with Crippen molar-refractivity contribution < 1.29 is 13.9 Å². The van der Waals surface area contributed by atoms with Gasteiger partial charge in [-0.2, -0.15) is 0 Å². The molecule has 0 aromatic carbocycles. The van der Waals surface area contributed by atoms with Gasteiger partial charge in [0.25, 0.3) is 0 Å². The van der Waals surface area contributed by atoms with Crippen LogP contribution in [0.3, 0.4) is 0 Å². The first-order chi connectivity index (χ1) is 6.74. The Morgan fingerprint density at radius 1 is 1.40 bits per heavy atom. The third-order valence-corrected chi connectivity index (χ3v) is 1.66. The molecular weight excluding hydrogens is 197 g/mol. The van der Waals surface area contributed by atoms with Crippen molar-refractivity contribution in [3.63, 3.8) is 0 Å². The number of amides is 1. The maximum Gasteiger partial charge on any atom is 0.407 e. The van der Waals surface area contributed by atoms with Crippen LogP contribution in [0.4, 0.5) is 9.18 Å². The molecule has 15 heavy (non-hydrogen) atoms. The summed E-state index contributed by atoms with van der Waals surface area (Å²) in [6, 6.07) is -0.445. The normalized spacial score (nSPS) is 13.8. The van der Waals surface area contributed by atoms with Gasteiger partial charge < -0.3 is 10.1 Å². The van der Waals surface area contributed by atoms with Crippen molar-refractivity contribution in [2.45, 2.75) is 52.7 Å². The molecule has 0 spiro atoms. The fourth-order valence-corrected chi connectivity index (χ4v) is 1.20. The largest absolute Gasteiger partial charge is 0.444 e. The first-order valence-electron chi connectivity index (χ1n) is 5.30. The molecule has 4 heteroatoms. The first-order valence-corrected chi connectivity index (χ1v) is 5.30. The number of carbonyl (C=O) groups is 1. The number of carbonyl (C=O) groups excluding carboxylic acids is 1. The molecule has 1 amide bonds. The van der Waals surface area contributed by atoms with E-state index in [1.165, 1.54) is 0 Å². The summed E-state index contributed by atoms with van der Waals surface area (Å²) >= 11 is 0. The highest BCUT2D eigenvalue weighted by Crippen LogP contribution is 2.09. The second-order valence-electron chi connectivity index (χ2n) is 5.13. The van der Waals surface area contributed by atoms with E-state index in [1.54, 1.807) is 20.8 Å². The second kappa shape index (κ2) is 5.93. The third-order valence-electron chi connectivity index (χ3n) is 1.66. The Hall–Kier alpha value is -0.800. The minimum atomic E-state index is -0.558. The van der Waals surface area contributed by atoms with Crippen LogP contribution in [0.15, 0.2) is 0 Å². The molecular formula is C11H22FNO2. The van der Waals surface area contributed by atoms with Crippen molar-refractivity contribution in [3.8, 4) is 0 Å². The van der Waals surface area contributed by atoms with Crippen molar-refractivity contribution in [1.29, 1.82) is 0 Å². The van der Waals surface area contributed by atoms with Crippen LogP contribution in [0.25, 0.3) is 0 Å². The van der Waals surface area contributed by atoms with Crippen molar-refractivity contribution in [3.05, 3.63) is 0 Å². The van der Waals surface area contributed by atoms with Crippen LogP contribution in [0.2, 0.25) is 0 Å². The van der Waals surface area contributed by atoms with E-state index in [9.17, 15) is 9.18 Å². The molecule has 0 heterocycles. The average Bonchev–Trinajstić information content (AvgIpc) is 1.98. The molecule has 0 aromatic rings. The molecule has 0 saturated heterocycles. The topological polar surface area (TPSA) is 38.3 Å². The first kappa shape index (κ1) is 14.2. The van der Waals surface area contributed by atoms with E-state index in [0.717, 1.165) is 0 Å². The fourth-order valence-electron chi connectivity index (χ4n) is 1.20. The molecule has 0 rings (SSSR count). The van der Waals surface area contributed by atoms with Gasteiger partial charge in [0.05, 0.1) is 6.04 Å². The molecule has 0 bridgehead atoms. The summed E-state index contributed by atoms with van der Waals surface area (Å²) in [5.74, 6) is 0.348. The zero-order valence-corrected chi connectivity index (χ0v) is 10.3. The van der Waals surface area contributed by atoms with Crippen LogP contribution in [-0.2, 0) is 4.74 Å². The fraction of sp³-hybridized carbons (Fsp3) is 0.909. The summed E-state index contributed by atoms with van der Waals surface area (Å²) in [5.41, 5.74) is -0.539. The van der Waals surface area contributed by atoms with Gasteiger partial charge in [-0.05, 0) is 33.1 Å². The Labute approximate surface area is 91.4 Å². The highest BCUT2D eigenvalue weighted by molar-refractivity contribution is 5.68. The van der Waals surface area contributed by atoms with E-state index in [0.29, 0.717) is 12.3 Å². The number of halogens is 1. The molecule has 0 saturated carbocycles. The monoisotopic (exact) mass is 219 g/mol. The van der Waals surface area contributed by atoms with Gasteiger partial charge in [0, 0.05) is 0 Å². The van der Waals surface area contributed by atoms with Crippen LogP contribution in [0.1, 0.15) is 41.0 Å². The summed E-state index contributed by atoms with van der Waals surface area (Å²) in [6.07, 6.45) is 0.0706. The number of rotatable bonds is 4. The molecule has 90 valence electrons. The maximum atomic E-state index is 12.5. The number of ether oxygens (including phenoxy) is 1. The second-order valence-corrected chi connectivity index (χ2v) is 5.13. The van der Waals surface area contributed by atoms with E-state index in [-0.39, 0.29) is 0 Å². The summed E-state index contributed by atoms with van der Waals surface area (Å²) in [6.45, 7) is 8.74. The smallest absolute Gasteiger partial charge is 0.407 e. The molecule has 0 aliphatic heterocycles. The minimum absolute atomic E-state index is 0.348. The van der Waals surface area contributed by atoms with Gasteiger partial charge in [-0.15, -0.1) is 0 Å². The van der Waals surface area contributed by atoms with Gasteiger partial charge in [0.15, 0.2) is 0 Å². The van der Waals surface area contributed by atoms with Gasteiger partial charge in [-0.1, -0.05) is 13.8 Å². The van der Waals surface area contributed by atoms with Crippen LogP contribution < -0.4 is 5.32 Å². The van der Waals surface area contributed by atoms with E-state index in [2.05, 4.69) is 5.32 Å². The van der Waals surface area contributed by atoms with E-state index >= 15 is 0 Å². The lowest BCUT2D eigenvalue weighted by atomic mass is 10.1. The molecule has 3 nitrogen and oxygen atoms in total. The Kier molecular flexibility index (Phi) is 5.61. The van der Waals surface area contributed by atoms with Gasteiger partial charge in [-0.25, -0.2) is 9.18 Å². The van der Waals surface area contributed by atoms with E-state index in [1.807, 2.05) is 13.8 Å².